The highest BCUT2D eigenvalue weighted by molar-refractivity contribution is 5.91. The van der Waals surface area contributed by atoms with Gasteiger partial charge < -0.3 is 14.6 Å². The number of fused-ring (bicyclic) bond motifs is 6. The molecule has 5 heteroatoms. The SMILES string of the molecule is COc1ccc2[nH]c3c(c2c1)C1CCN(C1)C3C(=O)N(C)C. The summed E-state index contributed by atoms with van der Waals surface area (Å²) in [4.78, 5) is 20.2. The Morgan fingerprint density at radius 2 is 2.23 bits per heavy atom. The summed E-state index contributed by atoms with van der Waals surface area (Å²) in [7, 11) is 5.35. The molecular formula is C17H21N3O2. The van der Waals surface area contributed by atoms with Crippen LogP contribution in [0.2, 0.25) is 0 Å². The zero-order chi connectivity index (χ0) is 15.4. The summed E-state index contributed by atoms with van der Waals surface area (Å²) in [6.07, 6.45) is 1.12. The minimum absolute atomic E-state index is 0.153. The fourth-order valence-corrected chi connectivity index (χ4v) is 3.96. The summed E-state index contributed by atoms with van der Waals surface area (Å²) in [6, 6.07) is 5.93. The number of ether oxygens (including phenoxy) is 1. The molecule has 2 aliphatic rings. The molecule has 3 atom stereocenters. The van der Waals surface area contributed by atoms with Gasteiger partial charge in [-0.05, 0) is 36.7 Å². The van der Waals surface area contributed by atoms with E-state index in [4.69, 9.17) is 4.74 Å². The number of carbonyl (C=O) groups excluding carboxylic acids is 1. The first kappa shape index (κ1) is 13.6. The number of H-pyrrole nitrogens is 1. The van der Waals surface area contributed by atoms with Crippen LogP contribution in [0, 0.1) is 0 Å². The number of nitrogens with zero attached hydrogens (tertiary/aromatic N) is 2. The molecule has 116 valence electrons. The van der Waals surface area contributed by atoms with E-state index in [-0.39, 0.29) is 11.9 Å². The minimum Gasteiger partial charge on any atom is -0.497 e. The molecule has 1 amide bonds. The van der Waals surface area contributed by atoms with E-state index in [1.54, 1.807) is 12.0 Å². The standard InChI is InChI=1S/C17H21N3O2/c1-19(2)17(21)16-15-14(10-6-7-20(16)9-10)12-8-11(22-3)4-5-13(12)18-15/h4-5,8,10,16,18H,6-7,9H2,1-3H3. The van der Waals surface area contributed by atoms with E-state index >= 15 is 0 Å². The van der Waals surface area contributed by atoms with Gasteiger partial charge in [0.1, 0.15) is 11.8 Å². The molecule has 2 bridgehead atoms. The number of methoxy groups -OCH3 is 1. The van der Waals surface area contributed by atoms with Crippen molar-refractivity contribution in [2.45, 2.75) is 18.4 Å². The van der Waals surface area contributed by atoms with Crippen molar-refractivity contribution in [2.24, 2.45) is 0 Å². The zero-order valence-electron chi connectivity index (χ0n) is 13.2. The number of hydrogen-bond acceptors (Lipinski definition) is 3. The fourth-order valence-electron chi connectivity index (χ4n) is 3.96. The maximum Gasteiger partial charge on any atom is 0.245 e. The summed E-state index contributed by atoms with van der Waals surface area (Å²) in [5.41, 5.74) is 3.50. The van der Waals surface area contributed by atoms with Gasteiger partial charge in [0.2, 0.25) is 5.91 Å². The molecule has 1 aromatic heterocycles. The van der Waals surface area contributed by atoms with Crippen LogP contribution in [0.1, 0.15) is 29.6 Å². The average Bonchev–Trinajstić information content (AvgIpc) is 3.09. The summed E-state index contributed by atoms with van der Waals surface area (Å²) < 4.78 is 5.38. The van der Waals surface area contributed by atoms with E-state index in [2.05, 4.69) is 16.0 Å². The molecule has 5 nitrogen and oxygen atoms in total. The van der Waals surface area contributed by atoms with Crippen LogP contribution >= 0.6 is 0 Å². The number of carbonyl (C=O) groups is 1. The van der Waals surface area contributed by atoms with Gasteiger partial charge in [-0.25, -0.2) is 0 Å². The van der Waals surface area contributed by atoms with Gasteiger partial charge >= 0.3 is 0 Å². The van der Waals surface area contributed by atoms with Crippen molar-refractivity contribution in [3.8, 4) is 5.75 Å². The van der Waals surface area contributed by atoms with Crippen LogP contribution < -0.4 is 4.74 Å². The third-order valence-electron chi connectivity index (χ3n) is 5.02. The van der Waals surface area contributed by atoms with Crippen LogP contribution in [0.25, 0.3) is 10.9 Å². The summed E-state index contributed by atoms with van der Waals surface area (Å²) in [5, 5.41) is 1.21. The Hall–Kier alpha value is -2.01. The quantitative estimate of drug-likeness (QED) is 0.924. The highest BCUT2D eigenvalue weighted by Gasteiger charge is 2.43. The lowest BCUT2D eigenvalue weighted by molar-refractivity contribution is -0.134. The Morgan fingerprint density at radius 3 is 2.95 bits per heavy atom. The molecule has 3 unspecified atom stereocenters. The number of likely N-dealkylation sites (N-methyl/N-ethyl adjacent to an activating group) is 1. The average molecular weight is 299 g/mol. The Balaban J connectivity index is 1.93. The van der Waals surface area contributed by atoms with Crippen LogP contribution in [0.15, 0.2) is 18.2 Å². The van der Waals surface area contributed by atoms with Crippen LogP contribution in [0.4, 0.5) is 0 Å². The van der Waals surface area contributed by atoms with E-state index in [9.17, 15) is 4.79 Å². The lowest BCUT2D eigenvalue weighted by Crippen LogP contribution is -2.41. The Morgan fingerprint density at radius 1 is 1.41 bits per heavy atom. The molecule has 0 spiro atoms. The topological polar surface area (TPSA) is 48.6 Å². The molecule has 1 saturated heterocycles. The number of amides is 1. The van der Waals surface area contributed by atoms with Gasteiger partial charge in [-0.3, -0.25) is 9.69 Å². The Labute approximate surface area is 129 Å². The van der Waals surface area contributed by atoms with Gasteiger partial charge in [-0.15, -0.1) is 0 Å². The smallest absolute Gasteiger partial charge is 0.245 e. The second kappa shape index (κ2) is 4.74. The van der Waals surface area contributed by atoms with Gasteiger partial charge in [-0.1, -0.05) is 0 Å². The van der Waals surface area contributed by atoms with Gasteiger partial charge in [0.05, 0.1) is 7.11 Å². The van der Waals surface area contributed by atoms with E-state index in [0.29, 0.717) is 5.92 Å². The molecular weight excluding hydrogens is 278 g/mol. The van der Waals surface area contributed by atoms with Crippen LogP contribution in [0.3, 0.4) is 0 Å². The predicted octanol–water partition coefficient (Wildman–Crippen LogP) is 2.11. The van der Waals surface area contributed by atoms with Gasteiger partial charge in [0.15, 0.2) is 0 Å². The van der Waals surface area contributed by atoms with Gasteiger partial charge in [-0.2, -0.15) is 0 Å². The fraction of sp³-hybridized carbons (Fsp3) is 0.471. The summed E-state index contributed by atoms with van der Waals surface area (Å²) >= 11 is 0. The molecule has 1 N–H and O–H groups in total. The molecule has 1 fully saturated rings. The Kier molecular flexibility index (Phi) is 2.94. The van der Waals surface area contributed by atoms with Gasteiger partial charge in [0, 0.05) is 43.2 Å². The van der Waals surface area contributed by atoms with Gasteiger partial charge in [0.25, 0.3) is 0 Å². The number of rotatable bonds is 2. The van der Waals surface area contributed by atoms with Crippen molar-refractivity contribution in [3.63, 3.8) is 0 Å². The van der Waals surface area contributed by atoms with Crippen molar-refractivity contribution in [1.82, 2.24) is 14.8 Å². The first-order chi connectivity index (χ1) is 10.6. The summed E-state index contributed by atoms with van der Waals surface area (Å²) in [6.45, 7) is 1.96. The maximum absolute atomic E-state index is 12.7. The van der Waals surface area contributed by atoms with Crippen molar-refractivity contribution in [3.05, 3.63) is 29.5 Å². The number of aromatic amines is 1. The summed E-state index contributed by atoms with van der Waals surface area (Å²) in [5.74, 6) is 1.53. The lowest BCUT2D eigenvalue weighted by Gasteiger charge is -2.33. The zero-order valence-corrected chi connectivity index (χ0v) is 13.2. The predicted molar refractivity (Wildman–Crippen MR) is 85.2 cm³/mol. The largest absolute Gasteiger partial charge is 0.497 e. The minimum atomic E-state index is -0.179. The molecule has 4 rings (SSSR count). The first-order valence-electron chi connectivity index (χ1n) is 7.75. The van der Waals surface area contributed by atoms with Crippen molar-refractivity contribution >= 4 is 16.8 Å². The van der Waals surface area contributed by atoms with E-state index in [1.165, 1.54) is 10.9 Å². The first-order valence-corrected chi connectivity index (χ1v) is 7.75. The molecule has 1 aromatic carbocycles. The van der Waals surface area contributed by atoms with E-state index < -0.39 is 0 Å². The molecule has 22 heavy (non-hydrogen) atoms. The van der Waals surface area contributed by atoms with Crippen LogP contribution in [0.5, 0.6) is 5.75 Å². The number of aromatic nitrogens is 1. The normalized spacial score (nSPS) is 26.0. The second-order valence-electron chi connectivity index (χ2n) is 6.48. The van der Waals surface area contributed by atoms with E-state index in [0.717, 1.165) is 36.5 Å². The van der Waals surface area contributed by atoms with Crippen molar-refractivity contribution < 1.29 is 9.53 Å². The molecule has 2 aromatic rings. The molecule has 0 saturated carbocycles. The van der Waals surface area contributed by atoms with Crippen LogP contribution in [-0.2, 0) is 4.79 Å². The monoisotopic (exact) mass is 299 g/mol. The number of benzene rings is 1. The number of nitrogens with one attached hydrogen (secondary N) is 1. The molecule has 3 heterocycles. The van der Waals surface area contributed by atoms with Crippen molar-refractivity contribution in [2.75, 3.05) is 34.3 Å². The second-order valence-corrected chi connectivity index (χ2v) is 6.48. The van der Waals surface area contributed by atoms with Crippen LogP contribution in [-0.4, -0.2) is 55.0 Å². The highest BCUT2D eigenvalue weighted by Crippen LogP contribution is 2.46. The third kappa shape index (κ3) is 1.78. The lowest BCUT2D eigenvalue weighted by atomic mass is 9.90. The van der Waals surface area contributed by atoms with Crippen molar-refractivity contribution in [1.29, 1.82) is 0 Å². The van der Waals surface area contributed by atoms with E-state index in [1.807, 2.05) is 26.2 Å². The molecule has 2 aliphatic heterocycles. The third-order valence-corrected chi connectivity index (χ3v) is 5.02. The maximum atomic E-state index is 12.7. The molecule has 0 aliphatic carbocycles. The molecule has 0 radical (unpaired) electrons. The number of hydrogen-bond donors (Lipinski definition) is 1. The Bertz CT molecular complexity index is 750. The highest BCUT2D eigenvalue weighted by atomic mass is 16.5.